The van der Waals surface area contributed by atoms with Crippen molar-refractivity contribution in [2.24, 2.45) is 0 Å². The molecule has 0 bridgehead atoms. The molecule has 0 aromatic carbocycles. The first-order chi connectivity index (χ1) is 5.18. The summed E-state index contributed by atoms with van der Waals surface area (Å²) in [5.41, 5.74) is 1.27. The van der Waals surface area contributed by atoms with Gasteiger partial charge in [-0.15, -0.1) is 0 Å². The van der Waals surface area contributed by atoms with E-state index in [1.165, 1.54) is 31.8 Å². The molecule has 0 unspecified atom stereocenters. The fourth-order valence-corrected chi connectivity index (χ4v) is 1.39. The van der Waals surface area contributed by atoms with E-state index < -0.39 is 0 Å². The third-order valence-corrected chi connectivity index (χ3v) is 2.09. The Bertz CT molecular complexity index is 134. The van der Waals surface area contributed by atoms with Gasteiger partial charge in [0.15, 0.2) is 0 Å². The highest BCUT2D eigenvalue weighted by Crippen LogP contribution is 2.01. The minimum atomic E-state index is 1.08. The van der Waals surface area contributed by atoms with Gasteiger partial charge in [0, 0.05) is 32.7 Å². The highest BCUT2D eigenvalue weighted by molar-refractivity contribution is 4.92. The van der Waals surface area contributed by atoms with Crippen LogP contribution >= 0.6 is 0 Å². The van der Waals surface area contributed by atoms with Crippen molar-refractivity contribution in [3.63, 3.8) is 0 Å². The Morgan fingerprint density at radius 1 is 1.27 bits per heavy atom. The molecule has 11 heavy (non-hydrogen) atoms. The van der Waals surface area contributed by atoms with Gasteiger partial charge in [-0.25, -0.2) is 0 Å². The second-order valence-electron chi connectivity index (χ2n) is 3.54. The van der Waals surface area contributed by atoms with Crippen molar-refractivity contribution < 1.29 is 0 Å². The Kier molecular flexibility index (Phi) is 3.09. The SMILES string of the molecule is C=C(C)CN1CCN(C)CC1. The molecule has 0 atom stereocenters. The number of hydrogen-bond donors (Lipinski definition) is 0. The molecule has 0 N–H and O–H groups in total. The molecule has 0 radical (unpaired) electrons. The number of rotatable bonds is 2. The largest absolute Gasteiger partial charge is 0.304 e. The Balaban J connectivity index is 2.22. The van der Waals surface area contributed by atoms with Crippen LogP contribution in [0, 0.1) is 0 Å². The molecule has 1 aliphatic rings. The number of piperazine rings is 1. The summed E-state index contributed by atoms with van der Waals surface area (Å²) in [7, 11) is 2.18. The van der Waals surface area contributed by atoms with E-state index in [4.69, 9.17) is 0 Å². The standard InChI is InChI=1S/C9H18N2/c1-9(2)8-11-6-4-10(3)5-7-11/h1,4-8H2,2-3H3. The molecule has 0 saturated carbocycles. The van der Waals surface area contributed by atoms with Crippen LogP contribution in [-0.4, -0.2) is 49.6 Å². The second-order valence-corrected chi connectivity index (χ2v) is 3.54. The normalized spacial score (nSPS) is 22.0. The monoisotopic (exact) mass is 154 g/mol. The first kappa shape index (κ1) is 8.75. The Hall–Kier alpha value is -0.340. The maximum atomic E-state index is 3.91. The summed E-state index contributed by atoms with van der Waals surface area (Å²) < 4.78 is 0. The Morgan fingerprint density at radius 3 is 2.27 bits per heavy atom. The highest BCUT2D eigenvalue weighted by Gasteiger charge is 2.12. The Morgan fingerprint density at radius 2 is 1.82 bits per heavy atom. The van der Waals surface area contributed by atoms with Crippen LogP contribution in [0.25, 0.3) is 0 Å². The van der Waals surface area contributed by atoms with Gasteiger partial charge in [0.25, 0.3) is 0 Å². The van der Waals surface area contributed by atoms with E-state index in [0.717, 1.165) is 6.54 Å². The van der Waals surface area contributed by atoms with E-state index in [1.54, 1.807) is 0 Å². The van der Waals surface area contributed by atoms with Gasteiger partial charge in [0.2, 0.25) is 0 Å². The van der Waals surface area contributed by atoms with Gasteiger partial charge in [-0.1, -0.05) is 12.2 Å². The van der Waals surface area contributed by atoms with Crippen molar-refractivity contribution in [2.45, 2.75) is 6.92 Å². The minimum Gasteiger partial charge on any atom is -0.304 e. The van der Waals surface area contributed by atoms with Crippen LogP contribution in [0.2, 0.25) is 0 Å². The third-order valence-electron chi connectivity index (χ3n) is 2.09. The van der Waals surface area contributed by atoms with Crippen LogP contribution in [-0.2, 0) is 0 Å². The van der Waals surface area contributed by atoms with Gasteiger partial charge in [-0.2, -0.15) is 0 Å². The topological polar surface area (TPSA) is 6.48 Å². The molecule has 0 aliphatic carbocycles. The summed E-state index contributed by atoms with van der Waals surface area (Å²) in [4.78, 5) is 4.83. The molecular weight excluding hydrogens is 136 g/mol. The molecule has 1 aliphatic heterocycles. The first-order valence-electron chi connectivity index (χ1n) is 4.24. The van der Waals surface area contributed by atoms with Crippen molar-refractivity contribution >= 4 is 0 Å². The lowest BCUT2D eigenvalue weighted by molar-refractivity contribution is 0.164. The van der Waals surface area contributed by atoms with Crippen molar-refractivity contribution in [1.82, 2.24) is 9.80 Å². The van der Waals surface area contributed by atoms with Crippen molar-refractivity contribution in [2.75, 3.05) is 39.8 Å². The van der Waals surface area contributed by atoms with Crippen LogP contribution in [0.5, 0.6) is 0 Å². The van der Waals surface area contributed by atoms with Gasteiger partial charge in [0.05, 0.1) is 0 Å². The average Bonchev–Trinajstić information content (AvgIpc) is 1.93. The first-order valence-corrected chi connectivity index (χ1v) is 4.24. The summed E-state index contributed by atoms with van der Waals surface area (Å²) in [6.07, 6.45) is 0. The molecule has 1 saturated heterocycles. The molecule has 1 heterocycles. The molecule has 1 rings (SSSR count). The van der Waals surface area contributed by atoms with E-state index in [9.17, 15) is 0 Å². The van der Waals surface area contributed by atoms with Crippen molar-refractivity contribution in [1.29, 1.82) is 0 Å². The predicted octanol–water partition coefficient (Wildman–Crippen LogP) is 0.810. The zero-order chi connectivity index (χ0) is 8.27. The maximum absolute atomic E-state index is 3.91. The number of hydrogen-bond acceptors (Lipinski definition) is 2. The molecule has 64 valence electrons. The second kappa shape index (κ2) is 3.88. The number of likely N-dealkylation sites (N-methyl/N-ethyl adjacent to an activating group) is 1. The Labute approximate surface area is 69.5 Å². The minimum absolute atomic E-state index is 1.08. The maximum Gasteiger partial charge on any atom is 0.0188 e. The van der Waals surface area contributed by atoms with E-state index in [-0.39, 0.29) is 0 Å². The summed E-state index contributed by atoms with van der Waals surface area (Å²) in [6.45, 7) is 11.9. The van der Waals surface area contributed by atoms with E-state index in [1.807, 2.05) is 0 Å². The van der Waals surface area contributed by atoms with Crippen LogP contribution < -0.4 is 0 Å². The van der Waals surface area contributed by atoms with Crippen LogP contribution in [0.15, 0.2) is 12.2 Å². The van der Waals surface area contributed by atoms with E-state index >= 15 is 0 Å². The van der Waals surface area contributed by atoms with Crippen molar-refractivity contribution in [3.05, 3.63) is 12.2 Å². The van der Waals surface area contributed by atoms with Crippen molar-refractivity contribution in [3.8, 4) is 0 Å². The predicted molar refractivity (Wildman–Crippen MR) is 48.8 cm³/mol. The van der Waals surface area contributed by atoms with Gasteiger partial charge in [-0.3, -0.25) is 4.90 Å². The van der Waals surface area contributed by atoms with Crippen LogP contribution in [0.1, 0.15) is 6.92 Å². The fraction of sp³-hybridized carbons (Fsp3) is 0.778. The van der Waals surface area contributed by atoms with Gasteiger partial charge in [0.1, 0.15) is 0 Å². The summed E-state index contributed by atoms with van der Waals surface area (Å²) in [6, 6.07) is 0. The smallest absolute Gasteiger partial charge is 0.0188 e. The zero-order valence-corrected chi connectivity index (χ0v) is 7.64. The molecule has 0 spiro atoms. The van der Waals surface area contributed by atoms with E-state index in [2.05, 4.69) is 30.4 Å². The lowest BCUT2D eigenvalue weighted by Gasteiger charge is -2.32. The molecule has 0 amide bonds. The molecule has 2 heteroatoms. The molecule has 0 aromatic heterocycles. The van der Waals surface area contributed by atoms with Gasteiger partial charge in [-0.05, 0) is 14.0 Å². The lowest BCUT2D eigenvalue weighted by Crippen LogP contribution is -2.44. The number of nitrogens with zero attached hydrogens (tertiary/aromatic N) is 2. The summed E-state index contributed by atoms with van der Waals surface area (Å²) in [5.74, 6) is 0. The van der Waals surface area contributed by atoms with Gasteiger partial charge < -0.3 is 4.90 Å². The van der Waals surface area contributed by atoms with E-state index in [0.29, 0.717) is 0 Å². The summed E-state index contributed by atoms with van der Waals surface area (Å²) >= 11 is 0. The lowest BCUT2D eigenvalue weighted by atomic mass is 10.2. The summed E-state index contributed by atoms with van der Waals surface area (Å²) in [5, 5.41) is 0. The highest BCUT2D eigenvalue weighted by atomic mass is 15.2. The fourth-order valence-electron chi connectivity index (χ4n) is 1.39. The average molecular weight is 154 g/mol. The molecule has 0 aromatic rings. The quantitative estimate of drug-likeness (QED) is 0.543. The third kappa shape index (κ3) is 3.04. The molecular formula is C9H18N2. The van der Waals surface area contributed by atoms with Crippen LogP contribution in [0.4, 0.5) is 0 Å². The molecule has 1 fully saturated rings. The zero-order valence-electron chi connectivity index (χ0n) is 7.64. The van der Waals surface area contributed by atoms with Crippen LogP contribution in [0.3, 0.4) is 0 Å². The van der Waals surface area contributed by atoms with Gasteiger partial charge >= 0.3 is 0 Å². The molecule has 2 nitrogen and oxygen atoms in total.